The number of hydrogen-bond donors (Lipinski definition) is 2. The molecule has 0 bridgehead atoms. The first kappa shape index (κ1) is 17.7. The van der Waals surface area contributed by atoms with Gasteiger partial charge in [-0.1, -0.05) is 44.2 Å². The highest BCUT2D eigenvalue weighted by Crippen LogP contribution is 2.23. The van der Waals surface area contributed by atoms with Crippen LogP contribution in [0.4, 0.5) is 5.95 Å². The van der Waals surface area contributed by atoms with E-state index in [1.54, 1.807) is 4.52 Å². The fraction of sp³-hybridized carbons (Fsp3) is 0.450. The number of nitrogens with one attached hydrogen (secondary N) is 2. The van der Waals surface area contributed by atoms with Crippen LogP contribution < -0.4 is 15.4 Å². The Balaban J connectivity index is 1.64. The van der Waals surface area contributed by atoms with Gasteiger partial charge in [0.1, 0.15) is 6.10 Å². The summed E-state index contributed by atoms with van der Waals surface area (Å²) in [5, 5.41) is 11.3. The van der Waals surface area contributed by atoms with Crippen LogP contribution >= 0.6 is 0 Å². The molecule has 1 aliphatic rings. The summed E-state index contributed by atoms with van der Waals surface area (Å²) in [6, 6.07) is 10.6. The quantitative estimate of drug-likeness (QED) is 0.698. The fourth-order valence-electron chi connectivity index (χ4n) is 3.30. The Hall–Kier alpha value is -2.67. The van der Waals surface area contributed by atoms with Crippen LogP contribution in [0.5, 0.6) is 6.01 Å². The van der Waals surface area contributed by atoms with Crippen LogP contribution in [-0.2, 0) is 6.54 Å². The average molecular weight is 366 g/mol. The molecule has 1 saturated heterocycles. The van der Waals surface area contributed by atoms with E-state index in [1.807, 2.05) is 24.4 Å². The first-order valence-corrected chi connectivity index (χ1v) is 9.61. The minimum absolute atomic E-state index is 0.105. The van der Waals surface area contributed by atoms with Crippen molar-refractivity contribution >= 4 is 11.6 Å². The summed E-state index contributed by atoms with van der Waals surface area (Å²) in [4.78, 5) is 9.28. The summed E-state index contributed by atoms with van der Waals surface area (Å²) in [6.07, 6.45) is 4.10. The summed E-state index contributed by atoms with van der Waals surface area (Å²) < 4.78 is 7.86. The van der Waals surface area contributed by atoms with Crippen molar-refractivity contribution in [2.75, 3.05) is 18.4 Å². The Morgan fingerprint density at radius 3 is 2.85 bits per heavy atom. The number of benzene rings is 1. The zero-order chi connectivity index (χ0) is 18.6. The van der Waals surface area contributed by atoms with Crippen LogP contribution in [0.2, 0.25) is 0 Å². The Kier molecular flexibility index (Phi) is 5.20. The molecule has 2 N–H and O–H groups in total. The standard InChI is InChI=1S/C20H26N6O/c1-14(2)17-13-23-26-18(17)24-20(27-16-9-6-10-21-12-16)25-19(26)22-11-15-7-4-3-5-8-15/h3-5,7-8,13-14,16,21H,6,9-12H2,1-2H3,(H,22,24,25). The van der Waals surface area contributed by atoms with Gasteiger partial charge >= 0.3 is 6.01 Å². The van der Waals surface area contributed by atoms with Crippen LogP contribution in [0.3, 0.4) is 0 Å². The van der Waals surface area contributed by atoms with Gasteiger partial charge in [0.25, 0.3) is 0 Å². The highest BCUT2D eigenvalue weighted by molar-refractivity contribution is 5.53. The summed E-state index contributed by atoms with van der Waals surface area (Å²) in [6.45, 7) is 6.82. The highest BCUT2D eigenvalue weighted by Gasteiger charge is 2.19. The maximum Gasteiger partial charge on any atom is 0.322 e. The molecule has 0 saturated carbocycles. The maximum absolute atomic E-state index is 6.09. The largest absolute Gasteiger partial charge is 0.459 e. The maximum atomic E-state index is 6.09. The smallest absolute Gasteiger partial charge is 0.322 e. The topological polar surface area (TPSA) is 76.4 Å². The van der Waals surface area contributed by atoms with Crippen molar-refractivity contribution in [2.24, 2.45) is 0 Å². The molecule has 1 unspecified atom stereocenters. The van der Waals surface area contributed by atoms with E-state index in [9.17, 15) is 0 Å². The van der Waals surface area contributed by atoms with Crippen molar-refractivity contribution in [3.8, 4) is 6.01 Å². The van der Waals surface area contributed by atoms with E-state index in [2.05, 4.69) is 51.7 Å². The van der Waals surface area contributed by atoms with Gasteiger partial charge in [-0.3, -0.25) is 0 Å². The van der Waals surface area contributed by atoms with E-state index in [1.165, 1.54) is 5.56 Å². The van der Waals surface area contributed by atoms with Gasteiger partial charge in [-0.15, -0.1) is 0 Å². The molecule has 0 radical (unpaired) electrons. The number of ether oxygens (including phenoxy) is 1. The third-order valence-corrected chi connectivity index (χ3v) is 4.81. The zero-order valence-corrected chi connectivity index (χ0v) is 15.9. The van der Waals surface area contributed by atoms with Crippen LogP contribution in [0.1, 0.15) is 43.7 Å². The van der Waals surface area contributed by atoms with Gasteiger partial charge < -0.3 is 15.4 Å². The number of nitrogens with zero attached hydrogens (tertiary/aromatic N) is 4. The average Bonchev–Trinajstić information content (AvgIpc) is 3.12. The van der Waals surface area contributed by atoms with E-state index in [0.717, 1.165) is 37.1 Å². The molecule has 1 fully saturated rings. The molecule has 0 aliphatic carbocycles. The molecule has 142 valence electrons. The lowest BCUT2D eigenvalue weighted by atomic mass is 10.1. The van der Waals surface area contributed by atoms with Crippen LogP contribution in [0, 0.1) is 0 Å². The van der Waals surface area contributed by atoms with E-state index in [4.69, 9.17) is 4.74 Å². The zero-order valence-electron chi connectivity index (χ0n) is 15.9. The van der Waals surface area contributed by atoms with Crippen molar-refractivity contribution in [1.82, 2.24) is 24.9 Å². The summed E-state index contributed by atoms with van der Waals surface area (Å²) >= 11 is 0. The van der Waals surface area contributed by atoms with Gasteiger partial charge in [-0.25, -0.2) is 0 Å². The normalized spacial score (nSPS) is 17.4. The predicted molar refractivity (Wildman–Crippen MR) is 105 cm³/mol. The van der Waals surface area contributed by atoms with Crippen LogP contribution in [-0.4, -0.2) is 38.8 Å². The highest BCUT2D eigenvalue weighted by atomic mass is 16.5. The molecule has 7 nitrogen and oxygen atoms in total. The lowest BCUT2D eigenvalue weighted by Gasteiger charge is -2.23. The molecular weight excluding hydrogens is 340 g/mol. The fourth-order valence-corrected chi connectivity index (χ4v) is 3.30. The first-order valence-electron chi connectivity index (χ1n) is 9.61. The molecule has 7 heteroatoms. The van der Waals surface area contributed by atoms with Crippen molar-refractivity contribution in [3.05, 3.63) is 47.7 Å². The molecular formula is C20H26N6O. The lowest BCUT2D eigenvalue weighted by Crippen LogP contribution is -2.37. The third-order valence-electron chi connectivity index (χ3n) is 4.81. The molecule has 4 rings (SSSR count). The molecule has 3 aromatic rings. The second-order valence-electron chi connectivity index (χ2n) is 7.25. The molecule has 1 atom stereocenters. The number of anilines is 1. The number of hydrogen-bond acceptors (Lipinski definition) is 6. The van der Waals surface area contributed by atoms with Gasteiger partial charge in [0.05, 0.1) is 6.20 Å². The number of fused-ring (bicyclic) bond motifs is 1. The minimum atomic E-state index is 0.105. The molecule has 0 spiro atoms. The van der Waals surface area contributed by atoms with Crippen molar-refractivity contribution in [1.29, 1.82) is 0 Å². The van der Waals surface area contributed by atoms with Crippen LogP contribution in [0.25, 0.3) is 5.65 Å². The molecule has 1 aliphatic heterocycles. The van der Waals surface area contributed by atoms with Gasteiger partial charge in [-0.05, 0) is 30.9 Å². The lowest BCUT2D eigenvalue weighted by molar-refractivity contribution is 0.153. The second kappa shape index (κ2) is 7.92. The first-order chi connectivity index (χ1) is 13.2. The van der Waals surface area contributed by atoms with Gasteiger partial charge in [0, 0.05) is 18.7 Å². The molecule has 2 aromatic heterocycles. The van der Waals surface area contributed by atoms with Crippen LogP contribution in [0.15, 0.2) is 36.5 Å². The van der Waals surface area contributed by atoms with Gasteiger partial charge in [-0.2, -0.15) is 19.6 Å². The number of aromatic nitrogens is 4. The molecule has 1 aromatic carbocycles. The van der Waals surface area contributed by atoms with Crippen molar-refractivity contribution in [3.63, 3.8) is 0 Å². The van der Waals surface area contributed by atoms with Crippen molar-refractivity contribution < 1.29 is 4.74 Å². The van der Waals surface area contributed by atoms with E-state index < -0.39 is 0 Å². The van der Waals surface area contributed by atoms with E-state index in [0.29, 0.717) is 24.4 Å². The summed E-state index contributed by atoms with van der Waals surface area (Å²) in [5.41, 5.74) is 3.07. The summed E-state index contributed by atoms with van der Waals surface area (Å²) in [5.74, 6) is 0.970. The Morgan fingerprint density at radius 1 is 1.26 bits per heavy atom. The Labute approximate surface area is 159 Å². The predicted octanol–water partition coefficient (Wildman–Crippen LogP) is 2.99. The van der Waals surface area contributed by atoms with E-state index >= 15 is 0 Å². The third kappa shape index (κ3) is 4.03. The van der Waals surface area contributed by atoms with E-state index in [-0.39, 0.29) is 6.10 Å². The second-order valence-corrected chi connectivity index (χ2v) is 7.25. The number of rotatable bonds is 6. The molecule has 3 heterocycles. The molecule has 0 amide bonds. The molecule has 27 heavy (non-hydrogen) atoms. The number of piperidine rings is 1. The van der Waals surface area contributed by atoms with Gasteiger partial charge in [0.15, 0.2) is 5.65 Å². The van der Waals surface area contributed by atoms with Crippen molar-refractivity contribution in [2.45, 2.75) is 45.3 Å². The Bertz CT molecular complexity index is 886. The summed E-state index contributed by atoms with van der Waals surface area (Å²) in [7, 11) is 0. The monoisotopic (exact) mass is 366 g/mol. The minimum Gasteiger partial charge on any atom is -0.459 e. The Morgan fingerprint density at radius 2 is 2.11 bits per heavy atom. The van der Waals surface area contributed by atoms with Gasteiger partial charge in [0.2, 0.25) is 5.95 Å². The SMILES string of the molecule is CC(C)c1cnn2c(NCc3ccccc3)nc(OC3CCCNC3)nc12.